The van der Waals surface area contributed by atoms with Crippen LogP contribution in [0.2, 0.25) is 0 Å². The van der Waals surface area contributed by atoms with Crippen molar-refractivity contribution < 1.29 is 48.3 Å². The van der Waals surface area contributed by atoms with Gasteiger partial charge in [-0.25, -0.2) is 4.79 Å². The minimum absolute atomic E-state index is 0.0107. The number of hydrogen-bond donors (Lipinski definition) is 3. The van der Waals surface area contributed by atoms with Gasteiger partial charge in [-0.15, -0.1) is 0 Å². The zero-order valence-corrected chi connectivity index (χ0v) is 21.2. The zero-order valence-electron chi connectivity index (χ0n) is 21.2. The lowest BCUT2D eigenvalue weighted by molar-refractivity contribution is -0.185. The fourth-order valence-corrected chi connectivity index (χ4v) is 10.6. The van der Waals surface area contributed by atoms with Crippen LogP contribution in [-0.2, 0) is 28.6 Å². The van der Waals surface area contributed by atoms with Crippen LogP contribution in [-0.4, -0.2) is 69.2 Å². The normalized spacial score (nSPS) is 55.6. The Morgan fingerprint density at radius 2 is 1.97 bits per heavy atom. The summed E-state index contributed by atoms with van der Waals surface area (Å²) >= 11 is 0. The minimum atomic E-state index is -1.66. The SMILES string of the molecule is COC(=O)[C@@H](O)[C@H]1C2(C)CC3(O)[C@@H](C(=O)[C@H]2O)[C@]24O[C@]25CC(=O)O[C@@H](c2ccoc2)[C@]5(C)CCC4[C@]13C. The molecule has 12 atom stereocenters. The molecule has 3 N–H and O–H groups in total. The fourth-order valence-electron chi connectivity index (χ4n) is 10.6. The van der Waals surface area contributed by atoms with Crippen molar-refractivity contribution in [1.29, 1.82) is 0 Å². The molecule has 7 rings (SSSR count). The molecule has 37 heavy (non-hydrogen) atoms. The Morgan fingerprint density at radius 1 is 1.24 bits per heavy atom. The summed E-state index contributed by atoms with van der Waals surface area (Å²) < 4.78 is 22.7. The molecular formula is C27H32O10. The van der Waals surface area contributed by atoms with Crippen LogP contribution in [0.25, 0.3) is 0 Å². The van der Waals surface area contributed by atoms with Gasteiger partial charge >= 0.3 is 11.9 Å². The molecule has 1 aromatic rings. The molecule has 0 aromatic carbocycles. The largest absolute Gasteiger partial charge is 0.472 e. The van der Waals surface area contributed by atoms with E-state index in [2.05, 4.69) is 0 Å². The number of furan rings is 1. The van der Waals surface area contributed by atoms with Gasteiger partial charge in [0, 0.05) is 33.6 Å². The number of aliphatic hydroxyl groups is 3. The first kappa shape index (κ1) is 23.8. The van der Waals surface area contributed by atoms with Gasteiger partial charge in [0.05, 0.1) is 37.6 Å². The molecule has 1 aromatic heterocycles. The molecule has 4 saturated carbocycles. The standard InChI is InChI=1S/C27H32O10/c1-22-11-25(33)18(15(29)19(22)31)27-13(24(25,3)17(22)16(30)21(32)34-4)5-7-23(2)20(12-6-8-35-10-12)36-14(28)9-26(23,27)37-27/h6,8,10,13,16-20,30-31,33H,5,7,9,11H2,1-4H3/t13?,16-,17-,18+,19+,20-,22?,23-,24+,25?,26-,27-/m0/s1. The topological polar surface area (TPSA) is 156 Å². The second-order valence-corrected chi connectivity index (χ2v) is 12.9. The van der Waals surface area contributed by atoms with Crippen LogP contribution in [0.15, 0.2) is 23.0 Å². The Morgan fingerprint density at radius 3 is 2.62 bits per heavy atom. The molecule has 10 heteroatoms. The predicted octanol–water partition coefficient (Wildman–Crippen LogP) is 1.06. The highest BCUT2D eigenvalue weighted by atomic mass is 16.7. The van der Waals surface area contributed by atoms with Gasteiger partial charge in [-0.1, -0.05) is 20.8 Å². The van der Waals surface area contributed by atoms with Gasteiger partial charge in [-0.05, 0) is 25.3 Å². The summed E-state index contributed by atoms with van der Waals surface area (Å²) in [6.45, 7) is 5.44. The number of rotatable bonds is 3. The number of ketones is 1. The molecule has 6 fully saturated rings. The van der Waals surface area contributed by atoms with Gasteiger partial charge in [0.1, 0.15) is 23.4 Å². The molecule has 200 valence electrons. The highest BCUT2D eigenvalue weighted by molar-refractivity contribution is 5.93. The van der Waals surface area contributed by atoms with Crippen LogP contribution in [0.1, 0.15) is 58.1 Å². The summed E-state index contributed by atoms with van der Waals surface area (Å²) in [6.07, 6.45) is 0.133. The number of fused-ring (bicyclic) bond motifs is 2. The lowest BCUT2D eigenvalue weighted by Crippen LogP contribution is -2.64. The smallest absolute Gasteiger partial charge is 0.335 e. The minimum Gasteiger partial charge on any atom is -0.472 e. The number of cyclic esters (lactones) is 1. The van der Waals surface area contributed by atoms with E-state index in [0.717, 1.165) is 0 Å². The Bertz CT molecular complexity index is 1240. The summed E-state index contributed by atoms with van der Waals surface area (Å²) in [5.41, 5.74) is -6.52. The maximum absolute atomic E-state index is 14.0. The van der Waals surface area contributed by atoms with Crippen molar-refractivity contribution in [3.63, 3.8) is 0 Å². The Balaban J connectivity index is 1.45. The van der Waals surface area contributed by atoms with Crippen LogP contribution in [0.3, 0.4) is 0 Å². The van der Waals surface area contributed by atoms with Crippen LogP contribution in [0.4, 0.5) is 0 Å². The first-order valence-electron chi connectivity index (χ1n) is 12.9. The summed E-state index contributed by atoms with van der Waals surface area (Å²) in [6, 6.07) is 1.74. The van der Waals surface area contributed by atoms with Gasteiger partial charge in [-0.2, -0.15) is 0 Å². The van der Waals surface area contributed by atoms with Crippen molar-refractivity contribution in [3.8, 4) is 0 Å². The summed E-state index contributed by atoms with van der Waals surface area (Å²) in [4.78, 5) is 39.8. The maximum atomic E-state index is 14.0. The first-order valence-corrected chi connectivity index (χ1v) is 12.9. The number of hydrogen-bond acceptors (Lipinski definition) is 10. The third-order valence-corrected chi connectivity index (χ3v) is 11.9. The fraction of sp³-hybridized carbons (Fsp3) is 0.741. The second-order valence-electron chi connectivity index (χ2n) is 12.9. The third kappa shape index (κ3) is 2.11. The monoisotopic (exact) mass is 516 g/mol. The Labute approximate surface area is 213 Å². The second kappa shape index (κ2) is 6.47. The number of esters is 2. The molecular weight excluding hydrogens is 484 g/mol. The predicted molar refractivity (Wildman–Crippen MR) is 121 cm³/mol. The number of methoxy groups -OCH3 is 1. The number of aliphatic hydroxyl groups excluding tert-OH is 2. The molecule has 3 unspecified atom stereocenters. The molecule has 4 aliphatic carbocycles. The van der Waals surface area contributed by atoms with Crippen molar-refractivity contribution >= 4 is 17.7 Å². The van der Waals surface area contributed by atoms with Crippen molar-refractivity contribution in [3.05, 3.63) is 24.2 Å². The van der Waals surface area contributed by atoms with E-state index in [1.165, 1.54) is 19.6 Å². The molecule has 0 radical (unpaired) electrons. The van der Waals surface area contributed by atoms with Gasteiger partial charge in [-0.3, -0.25) is 9.59 Å². The number of carbonyl (C=O) groups is 3. The zero-order chi connectivity index (χ0) is 26.6. The summed E-state index contributed by atoms with van der Waals surface area (Å²) in [5, 5.41) is 35.2. The molecule has 2 saturated heterocycles. The maximum Gasteiger partial charge on any atom is 0.335 e. The van der Waals surface area contributed by atoms with Gasteiger partial charge in [0.2, 0.25) is 0 Å². The molecule has 6 aliphatic rings. The van der Waals surface area contributed by atoms with Crippen LogP contribution >= 0.6 is 0 Å². The molecule has 3 heterocycles. The van der Waals surface area contributed by atoms with Gasteiger partial charge in [0.25, 0.3) is 0 Å². The number of epoxide rings is 1. The third-order valence-electron chi connectivity index (χ3n) is 11.9. The number of carbonyl (C=O) groups excluding carboxylic acids is 3. The summed E-state index contributed by atoms with van der Waals surface area (Å²) in [7, 11) is 1.17. The van der Waals surface area contributed by atoms with E-state index in [-0.39, 0.29) is 12.8 Å². The van der Waals surface area contributed by atoms with Crippen LogP contribution in [0, 0.1) is 34.0 Å². The van der Waals surface area contributed by atoms with Gasteiger partial charge < -0.3 is 33.9 Å². The van der Waals surface area contributed by atoms with E-state index < -0.39 is 86.8 Å². The lowest BCUT2D eigenvalue weighted by atomic mass is 9.48. The number of ether oxygens (including phenoxy) is 3. The average Bonchev–Trinajstić information content (AvgIpc) is 3.11. The van der Waals surface area contributed by atoms with Crippen LogP contribution in [0.5, 0.6) is 0 Å². The van der Waals surface area contributed by atoms with E-state index in [9.17, 15) is 29.7 Å². The van der Waals surface area contributed by atoms with Crippen molar-refractivity contribution in [1.82, 2.24) is 0 Å². The van der Waals surface area contributed by atoms with E-state index in [4.69, 9.17) is 18.6 Å². The van der Waals surface area contributed by atoms with Gasteiger partial charge in [0.15, 0.2) is 11.9 Å². The Kier molecular flexibility index (Phi) is 4.17. The number of Topliss-reactive ketones (excluding diaryl/α,β-unsaturated/α-hetero) is 1. The molecule has 0 amide bonds. The quantitative estimate of drug-likeness (QED) is 0.392. The van der Waals surface area contributed by atoms with Crippen molar-refractivity contribution in [2.24, 2.45) is 34.0 Å². The molecule has 2 aliphatic heterocycles. The average molecular weight is 517 g/mol. The molecule has 2 spiro atoms. The highest BCUT2D eigenvalue weighted by Crippen LogP contribution is 2.88. The molecule has 2 bridgehead atoms. The van der Waals surface area contributed by atoms with Crippen molar-refractivity contribution in [2.45, 2.75) is 81.6 Å². The van der Waals surface area contributed by atoms with E-state index >= 15 is 0 Å². The first-order chi connectivity index (χ1) is 17.3. The van der Waals surface area contributed by atoms with E-state index in [0.29, 0.717) is 18.4 Å². The van der Waals surface area contributed by atoms with Crippen LogP contribution < -0.4 is 0 Å². The molecule has 10 nitrogen and oxygen atoms in total. The highest BCUT2D eigenvalue weighted by Gasteiger charge is 2.99. The van der Waals surface area contributed by atoms with E-state index in [1.54, 1.807) is 19.9 Å². The lowest BCUT2D eigenvalue weighted by Gasteiger charge is -2.54. The van der Waals surface area contributed by atoms with Crippen molar-refractivity contribution in [2.75, 3.05) is 7.11 Å². The Hall–Kier alpha value is -2.27. The van der Waals surface area contributed by atoms with E-state index in [1.807, 2.05) is 6.92 Å². The summed E-state index contributed by atoms with van der Waals surface area (Å²) in [5.74, 6) is -4.48.